The number of nitro groups is 1. The zero-order valence-electron chi connectivity index (χ0n) is 22.1. The van der Waals surface area contributed by atoms with E-state index in [4.69, 9.17) is 0 Å². The largest absolute Gasteiger partial charge is 0.377 e. The maximum Gasteiger partial charge on any atom is 0.293 e. The van der Waals surface area contributed by atoms with Crippen LogP contribution in [-0.4, -0.2) is 75.5 Å². The number of anilines is 2. The van der Waals surface area contributed by atoms with Crippen molar-refractivity contribution in [1.29, 1.82) is 0 Å². The monoisotopic (exact) mass is 544 g/mol. The second kappa shape index (κ2) is 11.7. The molecule has 2 aliphatic rings. The van der Waals surface area contributed by atoms with Gasteiger partial charge in [-0.2, -0.15) is 0 Å². The first-order chi connectivity index (χ1) is 18.1. The molecule has 2 aliphatic heterocycles. The van der Waals surface area contributed by atoms with Crippen LogP contribution < -0.4 is 20.3 Å². The van der Waals surface area contributed by atoms with Crippen molar-refractivity contribution >= 4 is 33.0 Å². The second-order valence-corrected chi connectivity index (χ2v) is 11.8. The van der Waals surface area contributed by atoms with E-state index in [0.29, 0.717) is 11.6 Å². The third-order valence-corrected chi connectivity index (χ3v) is 8.66. The highest BCUT2D eigenvalue weighted by atomic mass is 32.2. The van der Waals surface area contributed by atoms with Crippen LogP contribution in [0.25, 0.3) is 0 Å². The molecule has 4 rings (SSSR count). The molecule has 0 atom stereocenters. The summed E-state index contributed by atoms with van der Waals surface area (Å²) in [6.07, 6.45) is 1.66. The highest BCUT2D eigenvalue weighted by Gasteiger charge is 2.27. The van der Waals surface area contributed by atoms with Gasteiger partial charge < -0.3 is 20.4 Å². The molecule has 2 fully saturated rings. The smallest absolute Gasteiger partial charge is 0.293 e. The summed E-state index contributed by atoms with van der Waals surface area (Å²) in [6.45, 7) is 11.1. The van der Waals surface area contributed by atoms with Gasteiger partial charge in [0.1, 0.15) is 5.69 Å². The number of nitro benzene ring substituents is 1. The number of rotatable bonds is 8. The van der Waals surface area contributed by atoms with Gasteiger partial charge in [-0.05, 0) is 63.4 Å². The molecule has 0 aromatic heterocycles. The lowest BCUT2D eigenvalue weighted by Crippen LogP contribution is -2.44. The van der Waals surface area contributed by atoms with Crippen molar-refractivity contribution in [2.24, 2.45) is 0 Å². The summed E-state index contributed by atoms with van der Waals surface area (Å²) in [7, 11) is -4.35. The fourth-order valence-corrected chi connectivity index (χ4v) is 6.07. The topological polar surface area (TPSA) is 137 Å². The number of piperazine rings is 1. The Morgan fingerprint density at radius 1 is 1.11 bits per heavy atom. The number of hydrogen-bond donors (Lipinski definition) is 3. The van der Waals surface area contributed by atoms with Crippen molar-refractivity contribution < 1.29 is 18.1 Å². The number of likely N-dealkylation sites (tertiary alicyclic amines) is 1. The maximum atomic E-state index is 13.1. The van der Waals surface area contributed by atoms with E-state index in [9.17, 15) is 23.3 Å². The molecular weight excluding hydrogens is 508 g/mol. The van der Waals surface area contributed by atoms with Crippen molar-refractivity contribution in [3.05, 3.63) is 57.6 Å². The lowest BCUT2D eigenvalue weighted by atomic mass is 10.0. The highest BCUT2D eigenvalue weighted by Crippen LogP contribution is 2.30. The van der Waals surface area contributed by atoms with Gasteiger partial charge in [-0.15, -0.1) is 0 Å². The number of carbonyl (C=O) groups excluding carboxylic acids is 1. The predicted molar refractivity (Wildman–Crippen MR) is 147 cm³/mol. The number of amides is 1. The van der Waals surface area contributed by atoms with Crippen molar-refractivity contribution in [2.45, 2.75) is 50.6 Å². The minimum absolute atomic E-state index is 0.0526. The van der Waals surface area contributed by atoms with Crippen molar-refractivity contribution in [3.8, 4) is 0 Å². The van der Waals surface area contributed by atoms with Gasteiger partial charge in [0.05, 0.1) is 9.82 Å². The fourth-order valence-electron chi connectivity index (χ4n) is 5.09. The Balaban J connectivity index is 1.51. The normalized spacial score (nSPS) is 17.4. The minimum Gasteiger partial charge on any atom is -0.377 e. The third kappa shape index (κ3) is 6.25. The van der Waals surface area contributed by atoms with Crippen LogP contribution in [0.15, 0.2) is 41.3 Å². The van der Waals surface area contributed by atoms with Crippen molar-refractivity contribution in [1.82, 2.24) is 14.9 Å². The summed E-state index contributed by atoms with van der Waals surface area (Å²) < 4.78 is 28.3. The van der Waals surface area contributed by atoms with E-state index in [-0.39, 0.29) is 27.9 Å². The summed E-state index contributed by atoms with van der Waals surface area (Å²) in [5, 5.41) is 18.3. The van der Waals surface area contributed by atoms with Gasteiger partial charge in [0.2, 0.25) is 0 Å². The van der Waals surface area contributed by atoms with Gasteiger partial charge >= 0.3 is 0 Å². The first-order valence-corrected chi connectivity index (χ1v) is 14.5. The Kier molecular flexibility index (Phi) is 8.54. The molecule has 2 saturated heterocycles. The Bertz CT molecular complexity index is 1290. The van der Waals surface area contributed by atoms with Gasteiger partial charge in [-0.25, -0.2) is 13.1 Å². The highest BCUT2D eigenvalue weighted by molar-refractivity contribution is 7.90. The second-order valence-electron chi connectivity index (χ2n) is 10.1. The summed E-state index contributed by atoms with van der Waals surface area (Å²) in [5.41, 5.74) is 1.72. The van der Waals surface area contributed by atoms with Crippen LogP contribution >= 0.6 is 0 Å². The Hall–Kier alpha value is -3.22. The first-order valence-electron chi connectivity index (χ1n) is 13.0. The number of carbonyl (C=O) groups is 1. The van der Waals surface area contributed by atoms with Crippen LogP contribution in [0.5, 0.6) is 0 Å². The lowest BCUT2D eigenvalue weighted by molar-refractivity contribution is -0.384. The van der Waals surface area contributed by atoms with Crippen LogP contribution in [0.3, 0.4) is 0 Å². The van der Waals surface area contributed by atoms with Crippen molar-refractivity contribution in [2.75, 3.05) is 49.5 Å². The molecule has 206 valence electrons. The number of nitrogens with one attached hydrogen (secondary N) is 3. The lowest BCUT2D eigenvalue weighted by Gasteiger charge is -2.35. The summed E-state index contributed by atoms with van der Waals surface area (Å²) in [4.78, 5) is 28.4. The third-order valence-electron chi connectivity index (χ3n) is 7.33. The van der Waals surface area contributed by atoms with Gasteiger partial charge in [0, 0.05) is 68.7 Å². The van der Waals surface area contributed by atoms with Crippen LogP contribution in [0.1, 0.15) is 42.6 Å². The number of sulfonamides is 1. The molecule has 2 aromatic carbocycles. The number of benzene rings is 2. The molecule has 2 aromatic rings. The molecule has 0 spiro atoms. The van der Waals surface area contributed by atoms with E-state index >= 15 is 0 Å². The van der Waals surface area contributed by atoms with Crippen LogP contribution in [0.4, 0.5) is 17.1 Å². The van der Waals surface area contributed by atoms with E-state index in [1.54, 1.807) is 19.1 Å². The molecule has 2 heterocycles. The van der Waals surface area contributed by atoms with Crippen LogP contribution in [-0.2, 0) is 10.0 Å². The van der Waals surface area contributed by atoms with Gasteiger partial charge in [-0.1, -0.05) is 6.07 Å². The quantitative estimate of drug-likeness (QED) is 0.338. The fraction of sp³-hybridized carbons (Fsp3) is 0.500. The summed E-state index contributed by atoms with van der Waals surface area (Å²) in [5.74, 6) is -0.777. The molecular formula is C26H36N6O5S. The van der Waals surface area contributed by atoms with Gasteiger partial charge in [-0.3, -0.25) is 14.9 Å². The molecule has 0 radical (unpaired) electrons. The molecule has 0 saturated carbocycles. The molecule has 0 aliphatic carbocycles. The van der Waals surface area contributed by atoms with Crippen molar-refractivity contribution in [3.63, 3.8) is 0 Å². The average Bonchev–Trinajstić information content (AvgIpc) is 2.89. The Morgan fingerprint density at radius 2 is 1.79 bits per heavy atom. The van der Waals surface area contributed by atoms with E-state index in [0.717, 1.165) is 63.9 Å². The number of nitrogens with zero attached hydrogens (tertiary/aromatic N) is 3. The number of hydrogen-bond acceptors (Lipinski definition) is 9. The summed E-state index contributed by atoms with van der Waals surface area (Å²) in [6, 6.07) is 9.41. The molecule has 1 amide bonds. The van der Waals surface area contributed by atoms with Crippen LogP contribution in [0.2, 0.25) is 0 Å². The Labute approximate surface area is 223 Å². The molecule has 12 heteroatoms. The predicted octanol–water partition coefficient (Wildman–Crippen LogP) is 2.72. The van der Waals surface area contributed by atoms with E-state index in [2.05, 4.69) is 39.0 Å². The van der Waals surface area contributed by atoms with E-state index < -0.39 is 20.9 Å². The number of piperidine rings is 1. The maximum absolute atomic E-state index is 13.1. The standard InChI is InChI=1S/C26H36N6O5S/c1-18(2)30-13-9-20(10-14-30)28-23-8-7-21(17-25(23)32(34)35)38(36,37)29-26(33)22-5-4-6-24(19(22)3)31-15-11-27-12-16-31/h4-8,17-18,20,27-28H,9-16H2,1-3H3,(H,29,33). The molecule has 11 nitrogen and oxygen atoms in total. The molecule has 3 N–H and O–H groups in total. The zero-order valence-corrected chi connectivity index (χ0v) is 22.9. The molecule has 0 bridgehead atoms. The average molecular weight is 545 g/mol. The Morgan fingerprint density at radius 3 is 2.42 bits per heavy atom. The molecule has 0 unspecified atom stereocenters. The minimum atomic E-state index is -4.35. The van der Waals surface area contributed by atoms with E-state index in [1.807, 2.05) is 6.07 Å². The van der Waals surface area contributed by atoms with Gasteiger partial charge in [0.25, 0.3) is 21.6 Å². The SMILES string of the molecule is Cc1c(C(=O)NS(=O)(=O)c2ccc(NC3CCN(C(C)C)CC3)c([N+](=O)[O-])c2)cccc1N1CCNCC1. The van der Waals surface area contributed by atoms with Gasteiger partial charge in [0.15, 0.2) is 0 Å². The molecule has 38 heavy (non-hydrogen) atoms. The van der Waals surface area contributed by atoms with E-state index in [1.165, 1.54) is 12.1 Å². The summed E-state index contributed by atoms with van der Waals surface area (Å²) >= 11 is 0. The first kappa shape index (κ1) is 27.8. The van der Waals surface area contributed by atoms with Crippen LogP contribution in [0, 0.1) is 17.0 Å². The zero-order chi connectivity index (χ0) is 27.4.